The molecule has 0 spiro atoms. The third kappa shape index (κ3) is 3.85. The van der Waals surface area contributed by atoms with E-state index in [4.69, 9.17) is 14.2 Å². The second-order valence-corrected chi connectivity index (χ2v) is 7.52. The number of halogens is 1. The fourth-order valence-electron chi connectivity index (χ4n) is 3.15. The summed E-state index contributed by atoms with van der Waals surface area (Å²) in [5.41, 5.74) is 1.13. The van der Waals surface area contributed by atoms with Crippen molar-refractivity contribution in [1.29, 1.82) is 0 Å². The number of ether oxygens (including phenoxy) is 3. The zero-order chi connectivity index (χ0) is 20.4. The van der Waals surface area contributed by atoms with E-state index in [0.29, 0.717) is 46.0 Å². The molecule has 150 valence electrons. The van der Waals surface area contributed by atoms with Gasteiger partial charge in [0, 0.05) is 22.5 Å². The van der Waals surface area contributed by atoms with Crippen molar-refractivity contribution in [2.45, 2.75) is 26.2 Å². The van der Waals surface area contributed by atoms with Crippen LogP contribution < -0.4 is 19.8 Å². The number of aromatic nitrogens is 2. The average Bonchev–Trinajstić information content (AvgIpc) is 3.18. The standard InChI is InChI=1S/C21H20BrN3O4/c1-3-4-5-20-24-16-7-6-14(22)9-15(16)21(26)25(20)23-11-13-8-18-19(29-12-28-18)10-17(13)27-2/h6-11H,3-5,12H2,1-2H3. The van der Waals surface area contributed by atoms with Crippen LogP contribution in [0, 0.1) is 0 Å². The van der Waals surface area contributed by atoms with Crippen molar-refractivity contribution in [3.8, 4) is 17.2 Å². The molecule has 0 fully saturated rings. The molecule has 29 heavy (non-hydrogen) atoms. The highest BCUT2D eigenvalue weighted by atomic mass is 79.9. The number of hydrogen-bond donors (Lipinski definition) is 0. The van der Waals surface area contributed by atoms with Crippen LogP contribution in [0.25, 0.3) is 10.9 Å². The summed E-state index contributed by atoms with van der Waals surface area (Å²) in [5.74, 6) is 2.45. The third-order valence-electron chi connectivity index (χ3n) is 4.67. The Balaban J connectivity index is 1.82. The van der Waals surface area contributed by atoms with Gasteiger partial charge in [0.25, 0.3) is 5.56 Å². The Morgan fingerprint density at radius 1 is 1.28 bits per heavy atom. The van der Waals surface area contributed by atoms with Crippen molar-refractivity contribution in [1.82, 2.24) is 9.66 Å². The average molecular weight is 458 g/mol. The first kappa shape index (κ1) is 19.4. The Bertz CT molecular complexity index is 1160. The lowest BCUT2D eigenvalue weighted by Gasteiger charge is -2.10. The molecule has 0 bridgehead atoms. The van der Waals surface area contributed by atoms with Gasteiger partial charge in [0.1, 0.15) is 11.6 Å². The molecule has 1 aliphatic rings. The minimum Gasteiger partial charge on any atom is -0.496 e. The predicted octanol–water partition coefficient (Wildman–Crippen LogP) is 4.12. The van der Waals surface area contributed by atoms with Crippen LogP contribution in [0.15, 0.2) is 44.7 Å². The topological polar surface area (TPSA) is 74.9 Å². The quantitative estimate of drug-likeness (QED) is 0.520. The molecule has 0 radical (unpaired) electrons. The van der Waals surface area contributed by atoms with Crippen molar-refractivity contribution in [2.24, 2.45) is 5.10 Å². The van der Waals surface area contributed by atoms with Crippen LogP contribution in [-0.4, -0.2) is 29.8 Å². The van der Waals surface area contributed by atoms with Crippen molar-refractivity contribution >= 4 is 33.0 Å². The van der Waals surface area contributed by atoms with Crippen molar-refractivity contribution in [3.05, 3.63) is 56.5 Å². The van der Waals surface area contributed by atoms with E-state index in [0.717, 1.165) is 17.3 Å². The highest BCUT2D eigenvalue weighted by Crippen LogP contribution is 2.37. The van der Waals surface area contributed by atoms with E-state index in [-0.39, 0.29) is 12.4 Å². The fraction of sp³-hybridized carbons (Fsp3) is 0.286. The molecule has 0 N–H and O–H groups in total. The molecular weight excluding hydrogens is 438 g/mol. The monoisotopic (exact) mass is 457 g/mol. The van der Waals surface area contributed by atoms with Crippen LogP contribution in [0.3, 0.4) is 0 Å². The minimum absolute atomic E-state index is 0.170. The predicted molar refractivity (Wildman–Crippen MR) is 114 cm³/mol. The van der Waals surface area contributed by atoms with Crippen LogP contribution in [-0.2, 0) is 6.42 Å². The lowest BCUT2D eigenvalue weighted by molar-refractivity contribution is 0.174. The normalized spacial score (nSPS) is 12.8. The van der Waals surface area contributed by atoms with Gasteiger partial charge in [-0.15, -0.1) is 0 Å². The van der Waals surface area contributed by atoms with Gasteiger partial charge in [-0.05, 0) is 30.7 Å². The molecule has 8 heteroatoms. The van der Waals surface area contributed by atoms with Crippen molar-refractivity contribution in [3.63, 3.8) is 0 Å². The zero-order valence-electron chi connectivity index (χ0n) is 16.1. The second kappa shape index (κ2) is 8.24. The largest absolute Gasteiger partial charge is 0.496 e. The minimum atomic E-state index is -0.210. The van der Waals surface area contributed by atoms with Gasteiger partial charge >= 0.3 is 0 Å². The Labute approximate surface area is 176 Å². The van der Waals surface area contributed by atoms with Gasteiger partial charge in [-0.3, -0.25) is 4.79 Å². The van der Waals surface area contributed by atoms with Gasteiger partial charge in [-0.1, -0.05) is 29.3 Å². The SMILES string of the molecule is CCCCc1nc2ccc(Br)cc2c(=O)n1N=Cc1cc2c(cc1OC)OCO2. The summed E-state index contributed by atoms with van der Waals surface area (Å²) in [4.78, 5) is 17.8. The molecule has 4 rings (SSSR count). The molecule has 1 aliphatic heterocycles. The highest BCUT2D eigenvalue weighted by molar-refractivity contribution is 9.10. The molecule has 2 heterocycles. The van der Waals surface area contributed by atoms with E-state index < -0.39 is 0 Å². The maximum absolute atomic E-state index is 13.1. The number of methoxy groups -OCH3 is 1. The lowest BCUT2D eigenvalue weighted by Crippen LogP contribution is -2.22. The fourth-order valence-corrected chi connectivity index (χ4v) is 3.51. The van der Waals surface area contributed by atoms with Gasteiger partial charge in [0.15, 0.2) is 11.5 Å². The van der Waals surface area contributed by atoms with E-state index in [2.05, 4.69) is 32.9 Å². The molecule has 0 saturated carbocycles. The summed E-state index contributed by atoms with van der Waals surface area (Å²) < 4.78 is 18.4. The number of rotatable bonds is 6. The lowest BCUT2D eigenvalue weighted by atomic mass is 10.2. The Kier molecular flexibility index (Phi) is 5.53. The van der Waals surface area contributed by atoms with Crippen LogP contribution >= 0.6 is 15.9 Å². The maximum Gasteiger partial charge on any atom is 0.282 e. The smallest absolute Gasteiger partial charge is 0.282 e. The van der Waals surface area contributed by atoms with E-state index in [1.54, 1.807) is 31.5 Å². The first-order valence-electron chi connectivity index (χ1n) is 9.34. The Morgan fingerprint density at radius 3 is 2.83 bits per heavy atom. The summed E-state index contributed by atoms with van der Waals surface area (Å²) in [5, 5.41) is 4.98. The van der Waals surface area contributed by atoms with Crippen molar-refractivity contribution < 1.29 is 14.2 Å². The molecule has 1 aromatic heterocycles. The Morgan fingerprint density at radius 2 is 2.07 bits per heavy atom. The van der Waals surface area contributed by atoms with E-state index in [9.17, 15) is 4.79 Å². The highest BCUT2D eigenvalue weighted by Gasteiger charge is 2.17. The molecule has 0 unspecified atom stereocenters. The summed E-state index contributed by atoms with van der Waals surface area (Å²) in [6, 6.07) is 9.02. The van der Waals surface area contributed by atoms with Crippen molar-refractivity contribution in [2.75, 3.05) is 13.9 Å². The van der Waals surface area contributed by atoms with Gasteiger partial charge in [0.05, 0.1) is 24.2 Å². The van der Waals surface area contributed by atoms with E-state index in [1.807, 2.05) is 12.1 Å². The first-order chi connectivity index (χ1) is 14.1. The molecule has 0 aliphatic carbocycles. The summed E-state index contributed by atoms with van der Waals surface area (Å²) >= 11 is 3.42. The molecule has 0 amide bonds. The van der Waals surface area contributed by atoms with Gasteiger partial charge in [0.2, 0.25) is 6.79 Å². The van der Waals surface area contributed by atoms with E-state index in [1.165, 1.54) is 4.68 Å². The molecular formula is C21H20BrN3O4. The molecule has 3 aromatic rings. The van der Waals surface area contributed by atoms with Gasteiger partial charge in [-0.2, -0.15) is 9.78 Å². The number of benzene rings is 2. The number of aryl methyl sites for hydroxylation is 1. The molecule has 0 saturated heterocycles. The van der Waals surface area contributed by atoms with Crippen LogP contribution in [0.5, 0.6) is 17.2 Å². The number of fused-ring (bicyclic) bond motifs is 2. The van der Waals surface area contributed by atoms with Crippen LogP contribution in [0.4, 0.5) is 0 Å². The number of unbranched alkanes of at least 4 members (excludes halogenated alkanes) is 1. The Hall–Kier alpha value is -2.87. The van der Waals surface area contributed by atoms with Crippen LogP contribution in [0.1, 0.15) is 31.2 Å². The molecule has 0 atom stereocenters. The second-order valence-electron chi connectivity index (χ2n) is 6.60. The third-order valence-corrected chi connectivity index (χ3v) is 5.16. The first-order valence-corrected chi connectivity index (χ1v) is 10.1. The summed E-state index contributed by atoms with van der Waals surface area (Å²) in [7, 11) is 1.57. The molecule has 7 nitrogen and oxygen atoms in total. The maximum atomic E-state index is 13.1. The van der Waals surface area contributed by atoms with Crippen LogP contribution in [0.2, 0.25) is 0 Å². The number of hydrogen-bond acceptors (Lipinski definition) is 6. The van der Waals surface area contributed by atoms with Gasteiger partial charge in [-0.25, -0.2) is 4.98 Å². The van der Waals surface area contributed by atoms with E-state index >= 15 is 0 Å². The summed E-state index contributed by atoms with van der Waals surface area (Å²) in [6.45, 7) is 2.27. The van der Waals surface area contributed by atoms with Gasteiger partial charge < -0.3 is 14.2 Å². The molecule has 2 aromatic carbocycles. The summed E-state index contributed by atoms with van der Waals surface area (Å²) in [6.07, 6.45) is 4.15. The number of nitrogens with zero attached hydrogens (tertiary/aromatic N) is 3. The zero-order valence-corrected chi connectivity index (χ0v) is 17.7.